The van der Waals surface area contributed by atoms with E-state index in [1.165, 1.54) is 89.9 Å². The van der Waals surface area contributed by atoms with Crippen LogP contribution in [0.25, 0.3) is 0 Å². The number of allylic oxidation sites excluding steroid dienone is 5. The normalized spacial score (nSPS) is 12.9. The number of nitrogens with zero attached hydrogens (tertiary/aromatic N) is 2. The molecule has 0 aliphatic carbocycles. The maximum Gasteiger partial charge on any atom is 0.312 e. The van der Waals surface area contributed by atoms with Gasteiger partial charge in [0.1, 0.15) is 19.4 Å². The van der Waals surface area contributed by atoms with E-state index in [4.69, 9.17) is 23.7 Å². The summed E-state index contributed by atoms with van der Waals surface area (Å²) in [7, 11) is 0. The zero-order valence-corrected chi connectivity index (χ0v) is 56.1. The van der Waals surface area contributed by atoms with Gasteiger partial charge in [-0.1, -0.05) is 206 Å². The Labute approximate surface area is 519 Å². The van der Waals surface area contributed by atoms with Crippen LogP contribution < -0.4 is 0 Å². The largest absolute Gasteiger partial charge is 0.466 e. The second kappa shape index (κ2) is 66.1. The van der Waals surface area contributed by atoms with Gasteiger partial charge in [0, 0.05) is 39.0 Å². The number of ether oxygens (including phenoxy) is 5. The Morgan fingerprint density at radius 2 is 0.893 bits per heavy atom. The summed E-state index contributed by atoms with van der Waals surface area (Å²) < 4.78 is 31.7. The van der Waals surface area contributed by atoms with Crippen molar-refractivity contribution in [1.82, 2.24) is 4.90 Å². The fourth-order valence-corrected chi connectivity index (χ4v) is 10.5. The lowest BCUT2D eigenvalue weighted by Crippen LogP contribution is -2.29. The van der Waals surface area contributed by atoms with Crippen LogP contribution in [-0.4, -0.2) is 117 Å². The second-order valence-corrected chi connectivity index (χ2v) is 24.0. The Morgan fingerprint density at radius 1 is 0.417 bits per heavy atom. The highest BCUT2D eigenvalue weighted by molar-refractivity contribution is 5.74. The number of carbonyl (C=O) groups is 3. The van der Waals surface area contributed by atoms with Crippen LogP contribution in [0, 0.1) is 11.8 Å². The first-order chi connectivity index (χ1) is 41.3. The molecule has 2 atom stereocenters. The average molecular weight is 1190 g/mol. The van der Waals surface area contributed by atoms with Crippen molar-refractivity contribution in [1.29, 1.82) is 0 Å². The van der Waals surface area contributed by atoms with E-state index in [0.717, 1.165) is 200 Å². The summed E-state index contributed by atoms with van der Waals surface area (Å²) >= 11 is 0. The lowest BCUT2D eigenvalue weighted by atomic mass is 9.95. The molecule has 0 fully saturated rings. The summed E-state index contributed by atoms with van der Waals surface area (Å²) in [5.74, 6) is -0.202. The minimum Gasteiger partial charge on any atom is -0.466 e. The van der Waals surface area contributed by atoms with Gasteiger partial charge in [-0.25, -0.2) is 4.58 Å². The Bertz CT molecular complexity index is 1530. The fraction of sp³-hybridized carbons (Fsp3) is 0.863. The van der Waals surface area contributed by atoms with Gasteiger partial charge in [-0.2, -0.15) is 0 Å². The number of carbonyl (C=O) groups excluding carboxylic acids is 3. The van der Waals surface area contributed by atoms with Gasteiger partial charge in [-0.05, 0) is 135 Å². The third-order valence-corrected chi connectivity index (χ3v) is 16.0. The monoisotopic (exact) mass is 1190 g/mol. The topological polar surface area (TPSA) is 124 Å². The fourth-order valence-electron chi connectivity index (χ4n) is 10.5. The van der Waals surface area contributed by atoms with E-state index in [-0.39, 0.29) is 42.6 Å². The van der Waals surface area contributed by atoms with Gasteiger partial charge >= 0.3 is 17.9 Å². The number of aliphatic hydroxyl groups excluding tert-OH is 1. The van der Waals surface area contributed by atoms with Crippen LogP contribution >= 0.6 is 0 Å². The number of hydrogen-bond donors (Lipinski definition) is 1. The molecular weight excluding hydrogens is 1050 g/mol. The molecule has 0 aliphatic heterocycles. The zero-order chi connectivity index (χ0) is 61.3. The predicted octanol–water partition coefficient (Wildman–Crippen LogP) is 19.1. The molecule has 2 unspecified atom stereocenters. The number of aliphatic hydroxyl groups is 1. The van der Waals surface area contributed by atoms with E-state index in [9.17, 15) is 19.5 Å². The minimum absolute atomic E-state index is 0.0399. The third kappa shape index (κ3) is 55.7. The van der Waals surface area contributed by atoms with E-state index in [1.54, 1.807) is 0 Å². The number of esters is 3. The molecule has 84 heavy (non-hydrogen) atoms. The first kappa shape index (κ1) is 81.1. The Morgan fingerprint density at radius 3 is 1.45 bits per heavy atom. The molecule has 0 saturated heterocycles. The van der Waals surface area contributed by atoms with Gasteiger partial charge in [-0.3, -0.25) is 14.4 Å². The SMILES string of the molecule is CC/C=C\CCCCOC(CCC(=O)OCCCCCC[N+](=CCCN(CCCCCCCCCOC(=O)C(/C=C/CCCC)CCCC)CCCCCCCCCOC(=O)C(CCCC)CCCCCC)CCO)OCCCC/C=C\CC. The summed E-state index contributed by atoms with van der Waals surface area (Å²) in [6.45, 7) is 20.9. The summed E-state index contributed by atoms with van der Waals surface area (Å²) in [5, 5.41) is 9.96. The first-order valence-corrected chi connectivity index (χ1v) is 35.9. The molecule has 0 radical (unpaired) electrons. The Balaban J connectivity index is 4.99. The quantitative estimate of drug-likeness (QED) is 0.0120. The number of unbranched alkanes of at least 4 members (excludes halogenated alkanes) is 26. The third-order valence-electron chi connectivity index (χ3n) is 16.0. The van der Waals surface area contributed by atoms with E-state index < -0.39 is 0 Å². The van der Waals surface area contributed by atoms with Crippen LogP contribution in [0.5, 0.6) is 0 Å². The molecule has 0 amide bonds. The van der Waals surface area contributed by atoms with Crippen LogP contribution in [0.4, 0.5) is 0 Å². The molecule has 0 bridgehead atoms. The van der Waals surface area contributed by atoms with Crippen LogP contribution in [0.1, 0.15) is 318 Å². The van der Waals surface area contributed by atoms with Gasteiger partial charge in [0.25, 0.3) is 0 Å². The second-order valence-electron chi connectivity index (χ2n) is 24.0. The molecule has 492 valence electrons. The molecule has 0 spiro atoms. The standard InChI is InChI=1S/C73H137N2O9/c1-7-13-19-23-34-45-64-81-71(82-65-46-35-24-20-14-8-2)55-54-70(77)80-63-44-38-33-43-58-75(61-62-76)60-49-59-74(56-41-31-27-25-29-36-47-66-83-72(78)68(50-17-11-5)52-39-21-15-9-3)57-42-32-28-26-30-37-48-67-84-73(79)69(51-18-12-6)53-40-22-16-10-4/h13-14,19-20,39,52,60,68-69,71,76H,7-12,15-18,21-38,40-51,53-59,61-67H2,1-6H3/q+1/b19-13-,20-14-,52-39+,75-60?. The van der Waals surface area contributed by atoms with Gasteiger partial charge in [0.15, 0.2) is 12.8 Å². The molecule has 11 nitrogen and oxygen atoms in total. The van der Waals surface area contributed by atoms with Gasteiger partial charge in [0.2, 0.25) is 0 Å². The van der Waals surface area contributed by atoms with Crippen molar-refractivity contribution in [2.75, 3.05) is 72.4 Å². The number of hydrogen-bond acceptors (Lipinski definition) is 10. The van der Waals surface area contributed by atoms with E-state index >= 15 is 0 Å². The van der Waals surface area contributed by atoms with Crippen molar-refractivity contribution < 1.29 is 47.7 Å². The minimum atomic E-state index is -0.377. The lowest BCUT2D eigenvalue weighted by Gasteiger charge is -2.21. The molecular formula is C73H137N2O9+. The van der Waals surface area contributed by atoms with Crippen LogP contribution in [0.3, 0.4) is 0 Å². The van der Waals surface area contributed by atoms with Crippen LogP contribution in [0.15, 0.2) is 36.5 Å². The molecule has 1 N–H and O–H groups in total. The molecule has 0 aromatic carbocycles. The molecule has 0 aromatic heterocycles. The van der Waals surface area contributed by atoms with Crippen molar-refractivity contribution in [2.24, 2.45) is 11.8 Å². The van der Waals surface area contributed by atoms with E-state index in [0.29, 0.717) is 52.4 Å². The van der Waals surface area contributed by atoms with Crippen LogP contribution in [0.2, 0.25) is 0 Å². The highest BCUT2D eigenvalue weighted by Crippen LogP contribution is 2.21. The Hall–Kier alpha value is -2.86. The van der Waals surface area contributed by atoms with Gasteiger partial charge < -0.3 is 33.7 Å². The molecule has 0 aromatic rings. The van der Waals surface area contributed by atoms with Crippen molar-refractivity contribution in [3.05, 3.63) is 36.5 Å². The number of rotatable bonds is 66. The average Bonchev–Trinajstić information content (AvgIpc) is 3.49. The molecule has 0 rings (SSSR count). The van der Waals surface area contributed by atoms with Crippen molar-refractivity contribution in [2.45, 2.75) is 324 Å². The van der Waals surface area contributed by atoms with Gasteiger partial charge in [0.05, 0.1) is 38.1 Å². The summed E-state index contributed by atoms with van der Waals surface area (Å²) in [5.41, 5.74) is 0. The van der Waals surface area contributed by atoms with Crippen LogP contribution in [-0.2, 0) is 38.1 Å². The van der Waals surface area contributed by atoms with Crippen molar-refractivity contribution in [3.63, 3.8) is 0 Å². The van der Waals surface area contributed by atoms with E-state index in [1.807, 2.05) is 0 Å². The maximum absolute atomic E-state index is 12.9. The Kier molecular flexibility index (Phi) is 63.9. The first-order valence-electron chi connectivity index (χ1n) is 35.9. The molecule has 0 heterocycles. The summed E-state index contributed by atoms with van der Waals surface area (Å²) in [4.78, 5) is 41.1. The molecule has 11 heteroatoms. The maximum atomic E-state index is 12.9. The summed E-state index contributed by atoms with van der Waals surface area (Å²) in [6.07, 6.45) is 61.0. The smallest absolute Gasteiger partial charge is 0.312 e. The highest BCUT2D eigenvalue weighted by Gasteiger charge is 2.20. The predicted molar refractivity (Wildman–Crippen MR) is 355 cm³/mol. The lowest BCUT2D eigenvalue weighted by molar-refractivity contribution is -0.527. The van der Waals surface area contributed by atoms with Crippen molar-refractivity contribution in [3.8, 4) is 0 Å². The summed E-state index contributed by atoms with van der Waals surface area (Å²) in [6, 6.07) is 0. The van der Waals surface area contributed by atoms with E-state index in [2.05, 4.69) is 93.7 Å². The van der Waals surface area contributed by atoms with Crippen molar-refractivity contribution >= 4 is 24.1 Å². The van der Waals surface area contributed by atoms with Gasteiger partial charge in [-0.15, -0.1) is 0 Å². The zero-order valence-electron chi connectivity index (χ0n) is 56.1. The highest BCUT2D eigenvalue weighted by atomic mass is 16.7. The molecule has 0 aliphatic rings. The molecule has 0 saturated carbocycles.